The zero-order valence-corrected chi connectivity index (χ0v) is 11.8. The second-order valence-corrected chi connectivity index (χ2v) is 5.21. The molecule has 100 valence electrons. The van der Waals surface area contributed by atoms with E-state index in [0.717, 1.165) is 17.1 Å². The van der Waals surface area contributed by atoms with Gasteiger partial charge in [0.15, 0.2) is 0 Å². The van der Waals surface area contributed by atoms with Crippen molar-refractivity contribution in [2.75, 3.05) is 6.54 Å². The molecule has 3 heteroatoms. The van der Waals surface area contributed by atoms with E-state index in [-0.39, 0.29) is 5.92 Å². The fraction of sp³-hybridized carbons (Fsp3) is 0.375. The number of aromatic nitrogens is 2. The van der Waals surface area contributed by atoms with E-state index in [0.29, 0.717) is 12.5 Å². The molecule has 0 aliphatic rings. The predicted octanol–water partition coefficient (Wildman–Crippen LogP) is 3.33. The third-order valence-electron chi connectivity index (χ3n) is 3.34. The quantitative estimate of drug-likeness (QED) is 0.911. The number of benzene rings is 1. The van der Waals surface area contributed by atoms with Gasteiger partial charge in [0.05, 0.1) is 5.69 Å². The van der Waals surface area contributed by atoms with E-state index in [4.69, 9.17) is 5.73 Å². The first-order valence-corrected chi connectivity index (χ1v) is 6.75. The lowest BCUT2D eigenvalue weighted by Crippen LogP contribution is -2.12. The summed E-state index contributed by atoms with van der Waals surface area (Å²) in [5, 5.41) is 0. The van der Waals surface area contributed by atoms with Gasteiger partial charge in [0.2, 0.25) is 0 Å². The van der Waals surface area contributed by atoms with Gasteiger partial charge in [-0.2, -0.15) is 0 Å². The van der Waals surface area contributed by atoms with Crippen LogP contribution in [0.2, 0.25) is 0 Å². The van der Waals surface area contributed by atoms with E-state index in [1.165, 1.54) is 5.56 Å². The Kier molecular flexibility index (Phi) is 4.27. The first-order valence-electron chi connectivity index (χ1n) is 6.75. The van der Waals surface area contributed by atoms with Crippen molar-refractivity contribution in [1.82, 2.24) is 9.97 Å². The minimum absolute atomic E-state index is 0.190. The van der Waals surface area contributed by atoms with Crippen LogP contribution in [-0.2, 0) is 0 Å². The van der Waals surface area contributed by atoms with Crippen molar-refractivity contribution < 1.29 is 0 Å². The molecule has 2 N–H and O–H groups in total. The second kappa shape index (κ2) is 5.93. The molecule has 0 amide bonds. The van der Waals surface area contributed by atoms with E-state index in [1.54, 1.807) is 6.20 Å². The van der Waals surface area contributed by atoms with Gasteiger partial charge in [-0.3, -0.25) is 0 Å². The van der Waals surface area contributed by atoms with Gasteiger partial charge < -0.3 is 5.73 Å². The van der Waals surface area contributed by atoms with Gasteiger partial charge in [-0.05, 0) is 17.5 Å². The predicted molar refractivity (Wildman–Crippen MR) is 79.0 cm³/mol. The van der Waals surface area contributed by atoms with E-state index < -0.39 is 0 Å². The highest BCUT2D eigenvalue weighted by Crippen LogP contribution is 2.22. The van der Waals surface area contributed by atoms with Crippen LogP contribution in [0, 0.1) is 0 Å². The molecule has 1 aromatic carbocycles. The number of hydrogen-bond donors (Lipinski definition) is 1. The summed E-state index contributed by atoms with van der Waals surface area (Å²) in [6, 6.07) is 10.5. The summed E-state index contributed by atoms with van der Waals surface area (Å²) in [6.07, 6.45) is 1.81. The van der Waals surface area contributed by atoms with Crippen LogP contribution in [0.4, 0.5) is 0 Å². The standard InChI is InChI=1S/C16H21N3/c1-11(2)13-4-6-14(7-5-13)15-8-9-18-16(19-15)12(3)10-17/h4-9,11-12H,10,17H2,1-3H3. The van der Waals surface area contributed by atoms with E-state index in [1.807, 2.05) is 13.0 Å². The molecule has 2 aromatic rings. The molecule has 1 aromatic heterocycles. The molecule has 0 aliphatic carbocycles. The summed E-state index contributed by atoms with van der Waals surface area (Å²) in [4.78, 5) is 8.89. The number of nitrogens with zero attached hydrogens (tertiary/aromatic N) is 2. The van der Waals surface area contributed by atoms with Crippen LogP contribution in [0.5, 0.6) is 0 Å². The zero-order chi connectivity index (χ0) is 13.8. The highest BCUT2D eigenvalue weighted by atomic mass is 14.9. The van der Waals surface area contributed by atoms with Crippen LogP contribution in [0.25, 0.3) is 11.3 Å². The van der Waals surface area contributed by atoms with Crippen LogP contribution in [0.3, 0.4) is 0 Å². The lowest BCUT2D eigenvalue weighted by atomic mass is 10.0. The molecule has 2 rings (SSSR count). The lowest BCUT2D eigenvalue weighted by molar-refractivity contribution is 0.712. The Morgan fingerprint density at radius 1 is 1.05 bits per heavy atom. The van der Waals surface area contributed by atoms with Gasteiger partial charge >= 0.3 is 0 Å². The minimum atomic E-state index is 0.190. The molecule has 0 fully saturated rings. The summed E-state index contributed by atoms with van der Waals surface area (Å²) >= 11 is 0. The minimum Gasteiger partial charge on any atom is -0.330 e. The van der Waals surface area contributed by atoms with Crippen LogP contribution >= 0.6 is 0 Å². The topological polar surface area (TPSA) is 51.8 Å². The Labute approximate surface area is 114 Å². The van der Waals surface area contributed by atoms with Gasteiger partial charge in [0.1, 0.15) is 5.82 Å². The van der Waals surface area contributed by atoms with Crippen LogP contribution in [0.15, 0.2) is 36.5 Å². The van der Waals surface area contributed by atoms with Crippen molar-refractivity contribution >= 4 is 0 Å². The van der Waals surface area contributed by atoms with Crippen molar-refractivity contribution in [2.45, 2.75) is 32.6 Å². The van der Waals surface area contributed by atoms with Crippen molar-refractivity contribution in [1.29, 1.82) is 0 Å². The molecule has 0 radical (unpaired) electrons. The Morgan fingerprint density at radius 3 is 2.32 bits per heavy atom. The molecule has 0 saturated carbocycles. The summed E-state index contributed by atoms with van der Waals surface area (Å²) in [7, 11) is 0. The van der Waals surface area contributed by atoms with Gasteiger partial charge in [0, 0.05) is 24.2 Å². The molecule has 0 spiro atoms. The van der Waals surface area contributed by atoms with E-state index in [9.17, 15) is 0 Å². The highest BCUT2D eigenvalue weighted by Gasteiger charge is 2.08. The van der Waals surface area contributed by atoms with Crippen molar-refractivity contribution in [3.05, 3.63) is 47.9 Å². The van der Waals surface area contributed by atoms with E-state index >= 15 is 0 Å². The molecule has 3 nitrogen and oxygen atoms in total. The first kappa shape index (κ1) is 13.7. The van der Waals surface area contributed by atoms with E-state index in [2.05, 4.69) is 48.1 Å². The molecule has 1 unspecified atom stereocenters. The summed E-state index contributed by atoms with van der Waals surface area (Å²) < 4.78 is 0. The molecule has 0 aliphatic heterocycles. The summed E-state index contributed by atoms with van der Waals surface area (Å²) in [5.41, 5.74) is 9.09. The maximum Gasteiger partial charge on any atom is 0.133 e. The third-order valence-corrected chi connectivity index (χ3v) is 3.34. The van der Waals surface area contributed by atoms with Crippen LogP contribution in [0.1, 0.15) is 44.0 Å². The molecular weight excluding hydrogens is 234 g/mol. The third kappa shape index (κ3) is 3.18. The van der Waals surface area contributed by atoms with Gasteiger partial charge in [0.25, 0.3) is 0 Å². The van der Waals surface area contributed by atoms with Crippen LogP contribution in [-0.4, -0.2) is 16.5 Å². The largest absolute Gasteiger partial charge is 0.330 e. The monoisotopic (exact) mass is 255 g/mol. The first-order chi connectivity index (χ1) is 9.11. The van der Waals surface area contributed by atoms with Gasteiger partial charge in [-0.15, -0.1) is 0 Å². The normalized spacial score (nSPS) is 12.7. The van der Waals surface area contributed by atoms with Gasteiger partial charge in [-0.25, -0.2) is 9.97 Å². The number of rotatable bonds is 4. The molecule has 0 bridgehead atoms. The Bertz CT molecular complexity index is 532. The Morgan fingerprint density at radius 2 is 1.74 bits per heavy atom. The smallest absolute Gasteiger partial charge is 0.133 e. The Balaban J connectivity index is 2.31. The molecule has 1 heterocycles. The SMILES string of the molecule is CC(C)c1ccc(-c2ccnc(C(C)CN)n2)cc1. The average Bonchev–Trinajstić information content (AvgIpc) is 2.46. The van der Waals surface area contributed by atoms with Crippen molar-refractivity contribution in [3.8, 4) is 11.3 Å². The fourth-order valence-corrected chi connectivity index (χ4v) is 1.92. The number of nitrogens with two attached hydrogens (primary N) is 1. The lowest BCUT2D eigenvalue weighted by Gasteiger charge is -2.10. The zero-order valence-electron chi connectivity index (χ0n) is 11.8. The summed E-state index contributed by atoms with van der Waals surface area (Å²) in [5.74, 6) is 1.55. The second-order valence-electron chi connectivity index (χ2n) is 5.21. The fourth-order valence-electron chi connectivity index (χ4n) is 1.92. The maximum absolute atomic E-state index is 5.67. The molecular formula is C16H21N3. The maximum atomic E-state index is 5.67. The van der Waals surface area contributed by atoms with Crippen molar-refractivity contribution in [3.63, 3.8) is 0 Å². The molecule has 19 heavy (non-hydrogen) atoms. The Hall–Kier alpha value is -1.74. The van der Waals surface area contributed by atoms with Crippen LogP contribution < -0.4 is 5.73 Å². The molecule has 0 saturated heterocycles. The summed E-state index contributed by atoms with van der Waals surface area (Å²) in [6.45, 7) is 7.00. The average molecular weight is 255 g/mol. The van der Waals surface area contributed by atoms with Gasteiger partial charge in [-0.1, -0.05) is 45.0 Å². The number of hydrogen-bond acceptors (Lipinski definition) is 3. The highest BCUT2D eigenvalue weighted by molar-refractivity contribution is 5.59. The van der Waals surface area contributed by atoms with Crippen molar-refractivity contribution in [2.24, 2.45) is 5.73 Å². The molecule has 1 atom stereocenters.